The third-order valence-electron chi connectivity index (χ3n) is 3.26. The molecule has 118 valence electrons. The smallest absolute Gasteiger partial charge is 0.269 e. The summed E-state index contributed by atoms with van der Waals surface area (Å²) in [4.78, 5) is 20.4. The molecule has 0 unspecified atom stereocenters. The van der Waals surface area contributed by atoms with Crippen molar-refractivity contribution < 1.29 is 9.32 Å². The first-order chi connectivity index (χ1) is 11.3. The molecule has 8 heteroatoms. The zero-order valence-corrected chi connectivity index (χ0v) is 12.6. The van der Waals surface area contributed by atoms with Crippen LogP contribution in [0.3, 0.4) is 0 Å². The molecule has 3 heterocycles. The predicted molar refractivity (Wildman–Crippen MR) is 81.5 cm³/mol. The lowest BCUT2D eigenvalue weighted by atomic mass is 10.3. The zero-order valence-electron chi connectivity index (χ0n) is 12.6. The van der Waals surface area contributed by atoms with E-state index in [-0.39, 0.29) is 5.91 Å². The molecular formula is C15H16N6O2. The van der Waals surface area contributed by atoms with Crippen LogP contribution in [0.25, 0.3) is 11.5 Å². The van der Waals surface area contributed by atoms with Crippen LogP contribution in [0.5, 0.6) is 0 Å². The number of hydrogen-bond donors (Lipinski definition) is 1. The van der Waals surface area contributed by atoms with Crippen LogP contribution in [-0.4, -0.2) is 37.4 Å². The standard InChI is InChI=1S/C15H16N6O2/c1-2-21-12(5-9-18-21)14(22)17-8-6-13-19-15(23-20-13)11-4-3-7-16-10-11/h3-5,7,9-10H,2,6,8H2,1H3,(H,17,22). The van der Waals surface area contributed by atoms with Gasteiger partial charge < -0.3 is 9.84 Å². The maximum Gasteiger partial charge on any atom is 0.269 e. The molecule has 3 aromatic rings. The van der Waals surface area contributed by atoms with Gasteiger partial charge in [0, 0.05) is 38.1 Å². The molecule has 23 heavy (non-hydrogen) atoms. The first-order valence-electron chi connectivity index (χ1n) is 7.31. The maximum absolute atomic E-state index is 12.1. The van der Waals surface area contributed by atoms with Crippen LogP contribution in [0.2, 0.25) is 0 Å². The van der Waals surface area contributed by atoms with Gasteiger partial charge in [-0.15, -0.1) is 0 Å². The van der Waals surface area contributed by atoms with Crippen molar-refractivity contribution in [3.05, 3.63) is 48.3 Å². The van der Waals surface area contributed by atoms with Gasteiger partial charge in [0.15, 0.2) is 5.82 Å². The zero-order chi connectivity index (χ0) is 16.1. The summed E-state index contributed by atoms with van der Waals surface area (Å²) in [7, 11) is 0. The first-order valence-corrected chi connectivity index (χ1v) is 7.31. The lowest BCUT2D eigenvalue weighted by molar-refractivity contribution is 0.0943. The average molecular weight is 312 g/mol. The number of nitrogens with zero attached hydrogens (tertiary/aromatic N) is 5. The maximum atomic E-state index is 12.1. The van der Waals surface area contributed by atoms with Gasteiger partial charge in [-0.25, -0.2) is 0 Å². The Hall–Kier alpha value is -3.03. The van der Waals surface area contributed by atoms with Gasteiger partial charge in [0.1, 0.15) is 5.69 Å². The average Bonchev–Trinajstić information content (AvgIpc) is 3.24. The highest BCUT2D eigenvalue weighted by atomic mass is 16.5. The lowest BCUT2D eigenvalue weighted by Gasteiger charge is -2.05. The predicted octanol–water partition coefficient (Wildman–Crippen LogP) is 1.32. The van der Waals surface area contributed by atoms with Crippen molar-refractivity contribution in [3.8, 4) is 11.5 Å². The fraction of sp³-hybridized carbons (Fsp3) is 0.267. The van der Waals surface area contributed by atoms with Gasteiger partial charge in [-0.2, -0.15) is 10.1 Å². The van der Waals surface area contributed by atoms with E-state index in [0.717, 1.165) is 5.56 Å². The largest absolute Gasteiger partial charge is 0.350 e. The number of rotatable bonds is 6. The van der Waals surface area contributed by atoms with Crippen molar-refractivity contribution in [2.45, 2.75) is 19.9 Å². The van der Waals surface area contributed by atoms with Crippen LogP contribution in [0, 0.1) is 0 Å². The number of nitrogens with one attached hydrogen (secondary N) is 1. The van der Waals surface area contributed by atoms with Crippen LogP contribution in [0.1, 0.15) is 23.2 Å². The first kappa shape index (κ1) is 14.9. The van der Waals surface area contributed by atoms with Crippen LogP contribution >= 0.6 is 0 Å². The number of amides is 1. The Balaban J connectivity index is 1.55. The summed E-state index contributed by atoms with van der Waals surface area (Å²) in [5, 5.41) is 10.8. The van der Waals surface area contributed by atoms with Gasteiger partial charge in [-0.05, 0) is 25.1 Å². The Morgan fingerprint density at radius 2 is 2.26 bits per heavy atom. The van der Waals surface area contributed by atoms with Crippen molar-refractivity contribution in [1.82, 2.24) is 30.2 Å². The van der Waals surface area contributed by atoms with E-state index in [1.807, 2.05) is 13.0 Å². The Labute approximate surface area is 132 Å². The quantitative estimate of drug-likeness (QED) is 0.737. The van der Waals surface area contributed by atoms with E-state index in [0.29, 0.717) is 36.9 Å². The summed E-state index contributed by atoms with van der Waals surface area (Å²) in [6.07, 6.45) is 5.43. The SMILES string of the molecule is CCn1nccc1C(=O)NCCc1noc(-c2cccnc2)n1. The molecule has 0 aliphatic rings. The molecule has 0 aliphatic heterocycles. The van der Waals surface area contributed by atoms with Crippen molar-refractivity contribution in [1.29, 1.82) is 0 Å². The molecule has 0 atom stereocenters. The van der Waals surface area contributed by atoms with E-state index in [2.05, 4.69) is 25.5 Å². The van der Waals surface area contributed by atoms with Crippen LogP contribution in [-0.2, 0) is 13.0 Å². The van der Waals surface area contributed by atoms with Crippen molar-refractivity contribution in [2.75, 3.05) is 6.54 Å². The second kappa shape index (κ2) is 6.82. The second-order valence-electron chi connectivity index (χ2n) is 4.80. The minimum atomic E-state index is -0.166. The highest BCUT2D eigenvalue weighted by molar-refractivity contribution is 5.92. The summed E-state index contributed by atoms with van der Waals surface area (Å²) in [6, 6.07) is 5.34. The number of aryl methyl sites for hydroxylation is 1. The van der Waals surface area contributed by atoms with E-state index >= 15 is 0 Å². The van der Waals surface area contributed by atoms with Gasteiger partial charge >= 0.3 is 0 Å². The van der Waals surface area contributed by atoms with Gasteiger partial charge in [0.25, 0.3) is 11.8 Å². The highest BCUT2D eigenvalue weighted by Crippen LogP contribution is 2.14. The van der Waals surface area contributed by atoms with Crippen molar-refractivity contribution >= 4 is 5.91 Å². The number of pyridine rings is 1. The minimum absolute atomic E-state index is 0.166. The number of aromatic nitrogens is 5. The molecule has 0 saturated heterocycles. The minimum Gasteiger partial charge on any atom is -0.350 e. The van der Waals surface area contributed by atoms with Crippen LogP contribution in [0.4, 0.5) is 0 Å². The summed E-state index contributed by atoms with van der Waals surface area (Å²) in [6.45, 7) is 3.00. The molecule has 1 amide bonds. The Kier molecular flexibility index (Phi) is 4.41. The molecule has 3 aromatic heterocycles. The highest BCUT2D eigenvalue weighted by Gasteiger charge is 2.12. The summed E-state index contributed by atoms with van der Waals surface area (Å²) in [5.74, 6) is 0.789. The summed E-state index contributed by atoms with van der Waals surface area (Å²) >= 11 is 0. The van der Waals surface area contributed by atoms with Gasteiger partial charge in [0.2, 0.25) is 0 Å². The molecule has 0 spiro atoms. The summed E-state index contributed by atoms with van der Waals surface area (Å²) in [5.41, 5.74) is 1.30. The molecule has 1 N–H and O–H groups in total. The normalized spacial score (nSPS) is 10.7. The van der Waals surface area contributed by atoms with Crippen LogP contribution < -0.4 is 5.32 Å². The van der Waals surface area contributed by atoms with E-state index < -0.39 is 0 Å². The molecule has 0 radical (unpaired) electrons. The second-order valence-corrected chi connectivity index (χ2v) is 4.80. The van der Waals surface area contributed by atoms with Crippen LogP contribution in [0.15, 0.2) is 41.3 Å². The monoisotopic (exact) mass is 312 g/mol. The fourth-order valence-corrected chi connectivity index (χ4v) is 2.12. The molecule has 0 saturated carbocycles. The molecule has 0 aliphatic carbocycles. The number of carbonyl (C=O) groups excluding carboxylic acids is 1. The third-order valence-corrected chi connectivity index (χ3v) is 3.26. The Morgan fingerprint density at radius 1 is 1.35 bits per heavy atom. The van der Waals surface area contributed by atoms with Gasteiger partial charge in [-0.3, -0.25) is 14.5 Å². The topological polar surface area (TPSA) is 98.7 Å². The van der Waals surface area contributed by atoms with E-state index in [4.69, 9.17) is 4.52 Å². The lowest BCUT2D eigenvalue weighted by Crippen LogP contribution is -2.28. The Morgan fingerprint density at radius 3 is 3.04 bits per heavy atom. The fourth-order valence-electron chi connectivity index (χ4n) is 2.12. The Bertz CT molecular complexity index is 780. The summed E-state index contributed by atoms with van der Waals surface area (Å²) < 4.78 is 6.83. The third kappa shape index (κ3) is 3.42. The van der Waals surface area contributed by atoms with Gasteiger partial charge in [-0.1, -0.05) is 5.16 Å². The number of hydrogen-bond acceptors (Lipinski definition) is 6. The van der Waals surface area contributed by atoms with Crippen molar-refractivity contribution in [3.63, 3.8) is 0 Å². The molecular weight excluding hydrogens is 296 g/mol. The molecule has 8 nitrogen and oxygen atoms in total. The number of carbonyl (C=O) groups is 1. The van der Waals surface area contributed by atoms with E-state index in [1.165, 1.54) is 0 Å². The molecule has 0 aromatic carbocycles. The van der Waals surface area contributed by atoms with Crippen molar-refractivity contribution in [2.24, 2.45) is 0 Å². The van der Waals surface area contributed by atoms with E-state index in [9.17, 15) is 4.79 Å². The van der Waals surface area contributed by atoms with Gasteiger partial charge in [0.05, 0.1) is 5.56 Å². The van der Waals surface area contributed by atoms with E-state index in [1.54, 1.807) is 35.4 Å². The molecule has 3 rings (SSSR count). The molecule has 0 fully saturated rings. The molecule has 0 bridgehead atoms.